The van der Waals surface area contributed by atoms with Gasteiger partial charge in [-0.15, -0.1) is 0 Å². The minimum atomic E-state index is -0.787. The summed E-state index contributed by atoms with van der Waals surface area (Å²) in [5, 5.41) is 19.4. The summed E-state index contributed by atoms with van der Waals surface area (Å²) in [5.41, 5.74) is -0.0549. The van der Waals surface area contributed by atoms with Crippen LogP contribution in [0.1, 0.15) is 24.5 Å². The van der Waals surface area contributed by atoms with Crippen molar-refractivity contribution in [2.24, 2.45) is 5.41 Å². The standard InChI is InChI=1S/C11H13NO3/c12-8-11(2-5-14-6-3-11)10(13)9-1-4-15-7-9/h1,4,7,10,13H,2-3,5-6H2. The van der Waals surface area contributed by atoms with Crippen molar-refractivity contribution in [1.29, 1.82) is 5.26 Å². The zero-order valence-corrected chi connectivity index (χ0v) is 8.35. The summed E-state index contributed by atoms with van der Waals surface area (Å²) in [5.74, 6) is 0. The zero-order valence-electron chi connectivity index (χ0n) is 8.35. The summed E-state index contributed by atoms with van der Waals surface area (Å²) in [6.07, 6.45) is 3.33. The molecule has 1 fully saturated rings. The predicted octanol–water partition coefficient (Wildman–Crippen LogP) is 1.63. The van der Waals surface area contributed by atoms with Crippen LogP contribution in [0.5, 0.6) is 0 Å². The average Bonchev–Trinajstić information content (AvgIpc) is 2.82. The molecule has 1 aliphatic heterocycles. The highest BCUT2D eigenvalue weighted by Gasteiger charge is 2.41. The van der Waals surface area contributed by atoms with E-state index in [0.29, 0.717) is 31.6 Å². The molecule has 1 aromatic heterocycles. The predicted molar refractivity (Wildman–Crippen MR) is 51.8 cm³/mol. The van der Waals surface area contributed by atoms with E-state index < -0.39 is 11.5 Å². The highest BCUT2D eigenvalue weighted by atomic mass is 16.5. The molecule has 1 atom stereocenters. The third-order valence-corrected chi connectivity index (χ3v) is 2.99. The van der Waals surface area contributed by atoms with Crippen LogP contribution in [0, 0.1) is 16.7 Å². The smallest absolute Gasteiger partial charge is 0.101 e. The lowest BCUT2D eigenvalue weighted by molar-refractivity contribution is -0.0312. The number of nitrogens with zero attached hydrogens (tertiary/aromatic N) is 1. The van der Waals surface area contributed by atoms with Crippen LogP contribution in [0.25, 0.3) is 0 Å². The summed E-state index contributed by atoms with van der Waals surface area (Å²) in [4.78, 5) is 0. The van der Waals surface area contributed by atoms with Gasteiger partial charge in [-0.25, -0.2) is 0 Å². The quantitative estimate of drug-likeness (QED) is 0.800. The minimum Gasteiger partial charge on any atom is -0.472 e. The van der Waals surface area contributed by atoms with E-state index in [1.165, 1.54) is 12.5 Å². The summed E-state index contributed by atoms with van der Waals surface area (Å²) < 4.78 is 10.1. The van der Waals surface area contributed by atoms with E-state index >= 15 is 0 Å². The molecule has 1 saturated heterocycles. The molecule has 0 aromatic carbocycles. The molecular weight excluding hydrogens is 194 g/mol. The number of rotatable bonds is 2. The van der Waals surface area contributed by atoms with Crippen LogP contribution < -0.4 is 0 Å². The van der Waals surface area contributed by atoms with Gasteiger partial charge >= 0.3 is 0 Å². The molecule has 15 heavy (non-hydrogen) atoms. The molecule has 2 heterocycles. The van der Waals surface area contributed by atoms with E-state index in [0.717, 1.165) is 0 Å². The topological polar surface area (TPSA) is 66.4 Å². The van der Waals surface area contributed by atoms with Crippen molar-refractivity contribution in [1.82, 2.24) is 0 Å². The van der Waals surface area contributed by atoms with Gasteiger partial charge in [0.2, 0.25) is 0 Å². The molecule has 2 rings (SSSR count). The van der Waals surface area contributed by atoms with Gasteiger partial charge in [0.25, 0.3) is 0 Å². The van der Waals surface area contributed by atoms with Gasteiger partial charge in [0.05, 0.1) is 24.0 Å². The summed E-state index contributed by atoms with van der Waals surface area (Å²) in [6.45, 7) is 1.06. The molecule has 4 heteroatoms. The second-order valence-corrected chi connectivity index (χ2v) is 3.84. The molecule has 0 saturated carbocycles. The van der Waals surface area contributed by atoms with Crippen LogP contribution in [0.3, 0.4) is 0 Å². The van der Waals surface area contributed by atoms with Gasteiger partial charge in [-0.1, -0.05) is 0 Å². The lowest BCUT2D eigenvalue weighted by atomic mass is 9.75. The molecule has 80 valence electrons. The molecule has 0 amide bonds. The summed E-state index contributed by atoms with van der Waals surface area (Å²) in [7, 11) is 0. The average molecular weight is 207 g/mol. The molecule has 0 aliphatic carbocycles. The van der Waals surface area contributed by atoms with Crippen molar-refractivity contribution in [3.63, 3.8) is 0 Å². The second-order valence-electron chi connectivity index (χ2n) is 3.84. The molecule has 0 bridgehead atoms. The van der Waals surface area contributed by atoms with Crippen LogP contribution in [0.2, 0.25) is 0 Å². The number of hydrogen-bond donors (Lipinski definition) is 1. The molecule has 0 spiro atoms. The Balaban J connectivity index is 2.23. The van der Waals surface area contributed by atoms with Crippen molar-refractivity contribution < 1.29 is 14.3 Å². The Labute approximate surface area is 88.1 Å². The monoisotopic (exact) mass is 207 g/mol. The van der Waals surface area contributed by atoms with E-state index in [1.807, 2.05) is 0 Å². The molecule has 1 N–H and O–H groups in total. The SMILES string of the molecule is N#CC1(C(O)c2ccoc2)CCOCC1. The Morgan fingerprint density at radius 2 is 2.20 bits per heavy atom. The number of ether oxygens (including phenoxy) is 1. The normalized spacial score (nSPS) is 21.9. The first-order chi connectivity index (χ1) is 7.28. The molecule has 1 unspecified atom stereocenters. The van der Waals surface area contributed by atoms with Crippen molar-refractivity contribution in [3.8, 4) is 6.07 Å². The van der Waals surface area contributed by atoms with Gasteiger partial charge in [0.1, 0.15) is 6.10 Å². The van der Waals surface area contributed by atoms with E-state index in [4.69, 9.17) is 9.15 Å². The van der Waals surface area contributed by atoms with E-state index in [-0.39, 0.29) is 0 Å². The van der Waals surface area contributed by atoms with Crippen molar-refractivity contribution >= 4 is 0 Å². The summed E-state index contributed by atoms with van der Waals surface area (Å²) >= 11 is 0. The first-order valence-corrected chi connectivity index (χ1v) is 4.98. The van der Waals surface area contributed by atoms with Crippen molar-refractivity contribution in [2.75, 3.05) is 13.2 Å². The van der Waals surface area contributed by atoms with Gasteiger partial charge in [-0.3, -0.25) is 0 Å². The highest BCUT2D eigenvalue weighted by molar-refractivity contribution is 5.18. The van der Waals surface area contributed by atoms with Crippen LogP contribution >= 0.6 is 0 Å². The maximum absolute atomic E-state index is 10.1. The first-order valence-electron chi connectivity index (χ1n) is 4.98. The highest BCUT2D eigenvalue weighted by Crippen LogP contribution is 2.41. The Kier molecular flexibility index (Phi) is 2.76. The third-order valence-electron chi connectivity index (χ3n) is 2.99. The lowest BCUT2D eigenvalue weighted by Crippen LogP contribution is -2.34. The van der Waals surface area contributed by atoms with Crippen LogP contribution in [0.4, 0.5) is 0 Å². The maximum Gasteiger partial charge on any atom is 0.101 e. The zero-order chi connectivity index (χ0) is 10.7. The number of furan rings is 1. The second kappa shape index (κ2) is 4.05. The van der Waals surface area contributed by atoms with E-state index in [9.17, 15) is 10.4 Å². The van der Waals surface area contributed by atoms with Gasteiger partial charge in [0, 0.05) is 18.8 Å². The first kappa shape index (κ1) is 10.2. The number of aliphatic hydroxyl groups is 1. The fourth-order valence-electron chi connectivity index (χ4n) is 1.93. The molecule has 1 aliphatic rings. The number of nitriles is 1. The van der Waals surface area contributed by atoms with Crippen LogP contribution in [-0.4, -0.2) is 18.3 Å². The largest absolute Gasteiger partial charge is 0.472 e. The summed E-state index contributed by atoms with van der Waals surface area (Å²) in [6, 6.07) is 3.93. The number of hydrogen-bond acceptors (Lipinski definition) is 4. The van der Waals surface area contributed by atoms with Crippen molar-refractivity contribution in [2.45, 2.75) is 18.9 Å². The molecule has 1 aromatic rings. The Morgan fingerprint density at radius 3 is 2.73 bits per heavy atom. The fourth-order valence-corrected chi connectivity index (χ4v) is 1.93. The third kappa shape index (κ3) is 1.76. The van der Waals surface area contributed by atoms with Gasteiger partial charge < -0.3 is 14.3 Å². The molecule has 4 nitrogen and oxygen atoms in total. The van der Waals surface area contributed by atoms with Gasteiger partial charge in [-0.05, 0) is 18.9 Å². The van der Waals surface area contributed by atoms with Crippen LogP contribution in [-0.2, 0) is 4.74 Å². The Hall–Kier alpha value is -1.31. The fraction of sp³-hybridized carbons (Fsp3) is 0.545. The number of aliphatic hydroxyl groups excluding tert-OH is 1. The van der Waals surface area contributed by atoms with E-state index in [1.54, 1.807) is 6.07 Å². The Bertz CT molecular complexity index is 346. The molecule has 0 radical (unpaired) electrons. The van der Waals surface area contributed by atoms with Gasteiger partial charge in [-0.2, -0.15) is 5.26 Å². The van der Waals surface area contributed by atoms with E-state index in [2.05, 4.69) is 6.07 Å². The minimum absolute atomic E-state index is 0.530. The molecular formula is C11H13NO3. The Morgan fingerprint density at radius 1 is 1.47 bits per heavy atom. The lowest BCUT2D eigenvalue weighted by Gasteiger charge is -2.34. The van der Waals surface area contributed by atoms with Gasteiger partial charge in [0.15, 0.2) is 0 Å². The van der Waals surface area contributed by atoms with Crippen molar-refractivity contribution in [3.05, 3.63) is 24.2 Å². The maximum atomic E-state index is 10.1. The van der Waals surface area contributed by atoms with Crippen LogP contribution in [0.15, 0.2) is 23.0 Å².